The zero-order valence-electron chi connectivity index (χ0n) is 14.7. The van der Waals surface area contributed by atoms with Crippen LogP contribution in [0.25, 0.3) is 11.1 Å². The minimum atomic E-state index is 0. The molecule has 0 aliphatic rings. The molecule has 3 aromatic rings. The summed E-state index contributed by atoms with van der Waals surface area (Å²) in [5, 5.41) is 7.75. The summed E-state index contributed by atoms with van der Waals surface area (Å²) in [5.41, 5.74) is 19.2. The Kier molecular flexibility index (Phi) is 8.08. The number of nitrogens with two attached hydrogens (primary N) is 2. The number of nitrogens with zero attached hydrogens (tertiary/aromatic N) is 1. The molecule has 140 valence electrons. The van der Waals surface area contributed by atoms with Crippen LogP contribution in [0.15, 0.2) is 53.2 Å². The van der Waals surface area contributed by atoms with Crippen molar-refractivity contribution in [3.63, 3.8) is 0 Å². The minimum absolute atomic E-state index is 0. The standard InChI is InChI=1S/C19H22N4S.2ClH/c1-23(2)16-6-4-15(5-7-16)22-10-13-11-24-12-18(13)17-9-14(20)3-8-19(17)21;;/h3-9,11-12,22H,10,20-21H2,1-2H3;2*1H. The molecule has 1 heterocycles. The highest BCUT2D eigenvalue weighted by Crippen LogP contribution is 2.33. The van der Waals surface area contributed by atoms with Crippen LogP contribution in [-0.2, 0) is 6.54 Å². The second-order valence-corrected chi connectivity index (χ2v) is 6.70. The highest BCUT2D eigenvalue weighted by atomic mass is 35.5. The summed E-state index contributed by atoms with van der Waals surface area (Å²) in [6.07, 6.45) is 0. The van der Waals surface area contributed by atoms with Crippen molar-refractivity contribution in [3.8, 4) is 11.1 Å². The van der Waals surface area contributed by atoms with Gasteiger partial charge in [0.2, 0.25) is 0 Å². The number of rotatable bonds is 5. The Balaban J connectivity index is 0.00000169. The normalized spacial score (nSPS) is 9.77. The Labute approximate surface area is 171 Å². The van der Waals surface area contributed by atoms with Gasteiger partial charge in [-0.05, 0) is 64.4 Å². The van der Waals surface area contributed by atoms with Crippen LogP contribution >= 0.6 is 36.2 Å². The quantitative estimate of drug-likeness (QED) is 0.511. The molecule has 0 bridgehead atoms. The molecule has 0 fully saturated rings. The van der Waals surface area contributed by atoms with Crippen molar-refractivity contribution in [1.29, 1.82) is 0 Å². The molecule has 0 spiro atoms. The third kappa shape index (κ3) is 4.97. The number of anilines is 4. The van der Waals surface area contributed by atoms with Crippen molar-refractivity contribution in [3.05, 3.63) is 58.8 Å². The molecule has 0 radical (unpaired) electrons. The first-order valence-corrected chi connectivity index (χ1v) is 8.70. The number of hydrogen-bond acceptors (Lipinski definition) is 5. The number of halogens is 2. The van der Waals surface area contributed by atoms with Crippen LogP contribution in [0.4, 0.5) is 22.7 Å². The zero-order chi connectivity index (χ0) is 17.1. The maximum atomic E-state index is 6.13. The van der Waals surface area contributed by atoms with Crippen molar-refractivity contribution in [2.24, 2.45) is 0 Å². The summed E-state index contributed by atoms with van der Waals surface area (Å²) < 4.78 is 0. The summed E-state index contributed by atoms with van der Waals surface area (Å²) in [5.74, 6) is 0. The van der Waals surface area contributed by atoms with Gasteiger partial charge in [-0.3, -0.25) is 0 Å². The predicted molar refractivity (Wildman–Crippen MR) is 121 cm³/mol. The molecular formula is C19H24Cl2N4S. The molecule has 0 unspecified atom stereocenters. The van der Waals surface area contributed by atoms with Crippen LogP contribution in [0.3, 0.4) is 0 Å². The third-order valence-corrected chi connectivity index (χ3v) is 4.77. The lowest BCUT2D eigenvalue weighted by atomic mass is 10.0. The fourth-order valence-corrected chi connectivity index (χ4v) is 3.44. The third-order valence-electron chi connectivity index (χ3n) is 3.98. The lowest BCUT2D eigenvalue weighted by molar-refractivity contribution is 1.13. The van der Waals surface area contributed by atoms with Gasteiger partial charge in [-0.1, -0.05) is 0 Å². The van der Waals surface area contributed by atoms with Crippen molar-refractivity contribution < 1.29 is 0 Å². The van der Waals surface area contributed by atoms with Crippen molar-refractivity contribution >= 4 is 58.9 Å². The molecule has 7 heteroatoms. The van der Waals surface area contributed by atoms with Gasteiger partial charge in [0.05, 0.1) is 0 Å². The summed E-state index contributed by atoms with van der Waals surface area (Å²) in [6, 6.07) is 14.0. The average molecular weight is 411 g/mol. The number of benzene rings is 2. The number of nitrogens with one attached hydrogen (secondary N) is 1. The number of thiophene rings is 1. The number of nitrogen functional groups attached to an aromatic ring is 2. The van der Waals surface area contributed by atoms with E-state index in [1.807, 2.05) is 32.3 Å². The van der Waals surface area contributed by atoms with Crippen LogP contribution < -0.4 is 21.7 Å². The van der Waals surface area contributed by atoms with Gasteiger partial charge in [-0.15, -0.1) is 24.8 Å². The second kappa shape index (κ2) is 9.57. The Morgan fingerprint density at radius 3 is 2.27 bits per heavy atom. The molecule has 0 aliphatic carbocycles. The van der Waals surface area contributed by atoms with Gasteiger partial charge in [0.25, 0.3) is 0 Å². The molecule has 26 heavy (non-hydrogen) atoms. The molecule has 0 amide bonds. The van der Waals surface area contributed by atoms with Gasteiger partial charge >= 0.3 is 0 Å². The summed E-state index contributed by atoms with van der Waals surface area (Å²) in [7, 11) is 4.08. The van der Waals surface area contributed by atoms with Gasteiger partial charge in [-0.25, -0.2) is 0 Å². The predicted octanol–water partition coefficient (Wildman–Crippen LogP) is 5.10. The Morgan fingerprint density at radius 2 is 1.62 bits per heavy atom. The summed E-state index contributed by atoms with van der Waals surface area (Å²) in [4.78, 5) is 2.09. The van der Waals surface area contributed by atoms with E-state index in [4.69, 9.17) is 11.5 Å². The highest BCUT2D eigenvalue weighted by Gasteiger charge is 2.10. The Hall–Kier alpha value is -2.08. The van der Waals surface area contributed by atoms with Crippen LogP contribution in [0, 0.1) is 0 Å². The van der Waals surface area contributed by atoms with E-state index in [0.29, 0.717) is 0 Å². The molecule has 0 aliphatic heterocycles. The molecule has 4 nitrogen and oxygen atoms in total. The fourth-order valence-electron chi connectivity index (χ4n) is 2.58. The molecule has 0 saturated carbocycles. The lowest BCUT2D eigenvalue weighted by Crippen LogP contribution is -2.08. The van der Waals surface area contributed by atoms with Gasteiger partial charge < -0.3 is 21.7 Å². The van der Waals surface area contributed by atoms with Gasteiger partial charge in [-0.2, -0.15) is 11.3 Å². The summed E-state index contributed by atoms with van der Waals surface area (Å²) >= 11 is 1.67. The van der Waals surface area contributed by atoms with E-state index >= 15 is 0 Å². The SMILES string of the molecule is CN(C)c1ccc(NCc2cscc2-c2cc(N)ccc2N)cc1.Cl.Cl. The molecule has 1 aromatic heterocycles. The maximum absolute atomic E-state index is 6.13. The molecule has 0 atom stereocenters. The molecule has 2 aromatic carbocycles. The van der Waals surface area contributed by atoms with Gasteiger partial charge in [0.1, 0.15) is 0 Å². The monoisotopic (exact) mass is 410 g/mol. The first-order valence-electron chi connectivity index (χ1n) is 7.76. The van der Waals surface area contributed by atoms with E-state index in [1.54, 1.807) is 11.3 Å². The van der Waals surface area contributed by atoms with Crippen molar-refractivity contribution in [2.75, 3.05) is 35.8 Å². The lowest BCUT2D eigenvalue weighted by Gasteiger charge is -2.14. The molecule has 0 saturated heterocycles. The van der Waals surface area contributed by atoms with Crippen LogP contribution in [0.1, 0.15) is 5.56 Å². The van der Waals surface area contributed by atoms with E-state index < -0.39 is 0 Å². The number of hydrogen-bond donors (Lipinski definition) is 3. The van der Waals surface area contributed by atoms with Gasteiger partial charge in [0.15, 0.2) is 0 Å². The fraction of sp³-hybridized carbons (Fsp3) is 0.158. The van der Waals surface area contributed by atoms with Crippen LogP contribution in [-0.4, -0.2) is 14.1 Å². The van der Waals surface area contributed by atoms with E-state index in [9.17, 15) is 0 Å². The molecule has 5 N–H and O–H groups in total. The highest BCUT2D eigenvalue weighted by molar-refractivity contribution is 7.08. The van der Waals surface area contributed by atoms with Crippen LogP contribution in [0.2, 0.25) is 0 Å². The second-order valence-electron chi connectivity index (χ2n) is 5.95. The Bertz CT molecular complexity index is 832. The molecule has 3 rings (SSSR count). The van der Waals surface area contributed by atoms with E-state index in [0.717, 1.165) is 34.7 Å². The Morgan fingerprint density at radius 1 is 0.923 bits per heavy atom. The zero-order valence-corrected chi connectivity index (χ0v) is 17.2. The van der Waals surface area contributed by atoms with Crippen molar-refractivity contribution in [2.45, 2.75) is 6.54 Å². The summed E-state index contributed by atoms with van der Waals surface area (Å²) in [6.45, 7) is 0.744. The van der Waals surface area contributed by atoms with Gasteiger partial charge in [0, 0.05) is 49.0 Å². The van der Waals surface area contributed by atoms with Crippen molar-refractivity contribution in [1.82, 2.24) is 0 Å². The maximum Gasteiger partial charge on any atom is 0.0415 e. The topological polar surface area (TPSA) is 67.3 Å². The van der Waals surface area contributed by atoms with Crippen LogP contribution in [0.5, 0.6) is 0 Å². The first kappa shape index (κ1) is 22.0. The molecular weight excluding hydrogens is 387 g/mol. The van der Waals surface area contributed by atoms with E-state index in [-0.39, 0.29) is 24.8 Å². The minimum Gasteiger partial charge on any atom is -0.399 e. The van der Waals surface area contributed by atoms with E-state index in [2.05, 4.69) is 45.2 Å². The van der Waals surface area contributed by atoms with E-state index in [1.165, 1.54) is 11.3 Å². The average Bonchev–Trinajstić information content (AvgIpc) is 3.04. The smallest absolute Gasteiger partial charge is 0.0415 e. The first-order chi connectivity index (χ1) is 11.5. The largest absolute Gasteiger partial charge is 0.399 e.